The molecule has 1 amide bonds. The van der Waals surface area contributed by atoms with Crippen LogP contribution in [0.1, 0.15) is 23.1 Å². The van der Waals surface area contributed by atoms with Crippen LogP contribution in [0.3, 0.4) is 0 Å². The molecule has 1 heterocycles. The third-order valence-electron chi connectivity index (χ3n) is 4.77. The molecule has 0 spiro atoms. The van der Waals surface area contributed by atoms with Crippen molar-refractivity contribution in [3.05, 3.63) is 75.6 Å². The van der Waals surface area contributed by atoms with Crippen molar-refractivity contribution in [1.29, 1.82) is 0 Å². The molecule has 0 saturated heterocycles. The molecule has 1 aromatic heterocycles. The Morgan fingerprint density at radius 3 is 2.66 bits per heavy atom. The predicted octanol–water partition coefficient (Wildman–Crippen LogP) is 3.11. The van der Waals surface area contributed by atoms with Crippen LogP contribution in [0.5, 0.6) is 5.75 Å². The number of esters is 1. The fraction of sp³-hybridized carbons (Fsp3) is 0.227. The third kappa shape index (κ3) is 4.29. The van der Waals surface area contributed by atoms with E-state index in [-0.39, 0.29) is 24.5 Å². The maximum atomic E-state index is 12.1. The first-order chi connectivity index (χ1) is 14.1. The quantitative estimate of drug-likeness (QED) is 0.407. The highest BCUT2D eigenvalue weighted by molar-refractivity contribution is 5.85. The van der Waals surface area contributed by atoms with Gasteiger partial charge in [-0.15, -0.1) is 0 Å². The molecule has 2 aromatic carbocycles. The average molecular weight is 393 g/mol. The zero-order valence-electron chi connectivity index (χ0n) is 15.6. The van der Waals surface area contributed by atoms with E-state index in [2.05, 4.69) is 5.32 Å². The number of amides is 1. The van der Waals surface area contributed by atoms with Gasteiger partial charge in [0.2, 0.25) is 0 Å². The molecule has 29 heavy (non-hydrogen) atoms. The van der Waals surface area contributed by atoms with Crippen molar-refractivity contribution in [2.45, 2.75) is 25.9 Å². The smallest absolute Gasteiger partial charge is 0.407 e. The summed E-state index contributed by atoms with van der Waals surface area (Å²) < 4.78 is 15.6. The second-order valence-electron chi connectivity index (χ2n) is 6.75. The average Bonchev–Trinajstić information content (AvgIpc) is 3.22. The lowest BCUT2D eigenvalue weighted by Crippen LogP contribution is -2.32. The molecule has 1 aliphatic rings. The van der Waals surface area contributed by atoms with Gasteiger partial charge in [-0.2, -0.15) is 0 Å². The first-order valence-electron chi connectivity index (χ1n) is 9.34. The second-order valence-corrected chi connectivity index (χ2v) is 6.75. The molecule has 148 valence electrons. The number of aryl methyl sites for hydroxylation is 1. The molecule has 0 bridgehead atoms. The standard InChI is InChI=1S/C22H19NO6/c24-20(12-23-22(26)27-13-14-5-2-1-3-6-14)28-15-9-10-17-16-7-4-8-18(16)21(25)29-19(17)11-15/h1-3,5-6,9-11H,4,7-8,12-13H2,(H,23,26). The number of fused-ring (bicyclic) bond motifs is 3. The van der Waals surface area contributed by atoms with E-state index in [4.69, 9.17) is 13.9 Å². The van der Waals surface area contributed by atoms with Gasteiger partial charge < -0.3 is 19.2 Å². The molecule has 7 nitrogen and oxygen atoms in total. The highest BCUT2D eigenvalue weighted by Gasteiger charge is 2.20. The summed E-state index contributed by atoms with van der Waals surface area (Å²) in [7, 11) is 0. The van der Waals surface area contributed by atoms with Gasteiger partial charge in [-0.3, -0.25) is 0 Å². The first-order valence-corrected chi connectivity index (χ1v) is 9.34. The highest BCUT2D eigenvalue weighted by atomic mass is 16.6. The van der Waals surface area contributed by atoms with Gasteiger partial charge in [-0.05, 0) is 42.5 Å². The summed E-state index contributed by atoms with van der Waals surface area (Å²) in [5.41, 5.74) is 2.64. The SMILES string of the molecule is O=C(CNC(=O)OCc1ccccc1)Oc1ccc2c3c(c(=O)oc2c1)CCC3. The minimum absolute atomic E-state index is 0.107. The van der Waals surface area contributed by atoms with Crippen molar-refractivity contribution in [1.82, 2.24) is 5.32 Å². The Bertz CT molecular complexity index is 1120. The molecule has 0 atom stereocenters. The van der Waals surface area contributed by atoms with Crippen LogP contribution >= 0.6 is 0 Å². The van der Waals surface area contributed by atoms with E-state index in [0.717, 1.165) is 41.3 Å². The summed E-state index contributed by atoms with van der Waals surface area (Å²) in [4.78, 5) is 35.8. The van der Waals surface area contributed by atoms with Crippen LogP contribution in [0.2, 0.25) is 0 Å². The first kappa shape index (κ1) is 18.7. The number of hydrogen-bond donors (Lipinski definition) is 1. The minimum Gasteiger partial charge on any atom is -0.445 e. The summed E-state index contributed by atoms with van der Waals surface area (Å²) in [6.07, 6.45) is 1.79. The second kappa shape index (κ2) is 8.18. The Hall–Kier alpha value is -3.61. The summed E-state index contributed by atoms with van der Waals surface area (Å²) in [5, 5.41) is 3.20. The molecule has 0 saturated carbocycles. The Morgan fingerprint density at radius 2 is 1.83 bits per heavy atom. The number of alkyl carbamates (subject to hydrolysis) is 1. The monoisotopic (exact) mass is 393 g/mol. The van der Waals surface area contributed by atoms with E-state index in [1.54, 1.807) is 12.1 Å². The van der Waals surface area contributed by atoms with Crippen LogP contribution in [0, 0.1) is 0 Å². The predicted molar refractivity (Wildman–Crippen MR) is 105 cm³/mol. The van der Waals surface area contributed by atoms with Crippen molar-refractivity contribution in [2.75, 3.05) is 6.54 Å². The summed E-state index contributed by atoms with van der Waals surface area (Å²) in [6, 6.07) is 14.1. The van der Waals surface area contributed by atoms with Gasteiger partial charge in [-0.25, -0.2) is 14.4 Å². The maximum Gasteiger partial charge on any atom is 0.407 e. The fourth-order valence-corrected chi connectivity index (χ4v) is 3.41. The van der Waals surface area contributed by atoms with Crippen LogP contribution in [0.25, 0.3) is 11.0 Å². The van der Waals surface area contributed by atoms with Gasteiger partial charge in [0.25, 0.3) is 0 Å². The molecule has 1 aliphatic carbocycles. The number of ether oxygens (including phenoxy) is 2. The van der Waals surface area contributed by atoms with E-state index >= 15 is 0 Å². The van der Waals surface area contributed by atoms with Gasteiger partial charge >= 0.3 is 17.7 Å². The van der Waals surface area contributed by atoms with Crippen LogP contribution in [0.4, 0.5) is 4.79 Å². The molecule has 4 rings (SSSR count). The van der Waals surface area contributed by atoms with Gasteiger partial charge in [0.15, 0.2) is 0 Å². The van der Waals surface area contributed by atoms with Crippen molar-refractivity contribution < 1.29 is 23.5 Å². The molecule has 0 aliphatic heterocycles. The zero-order valence-corrected chi connectivity index (χ0v) is 15.6. The molecule has 3 aromatic rings. The van der Waals surface area contributed by atoms with Crippen molar-refractivity contribution in [3.8, 4) is 5.75 Å². The molecule has 0 unspecified atom stereocenters. The van der Waals surface area contributed by atoms with Gasteiger partial charge in [0.05, 0.1) is 0 Å². The number of carbonyl (C=O) groups is 2. The van der Waals surface area contributed by atoms with Crippen molar-refractivity contribution in [3.63, 3.8) is 0 Å². The highest BCUT2D eigenvalue weighted by Crippen LogP contribution is 2.29. The Kier molecular flexibility index (Phi) is 5.29. The lowest BCUT2D eigenvalue weighted by Gasteiger charge is -2.09. The summed E-state index contributed by atoms with van der Waals surface area (Å²) in [5.74, 6) is -0.424. The van der Waals surface area contributed by atoms with E-state index in [1.807, 2.05) is 30.3 Å². The molecular weight excluding hydrogens is 374 g/mol. The van der Waals surface area contributed by atoms with Crippen LogP contribution in [-0.2, 0) is 29.0 Å². The van der Waals surface area contributed by atoms with Gasteiger partial charge in [-0.1, -0.05) is 30.3 Å². The van der Waals surface area contributed by atoms with E-state index in [1.165, 1.54) is 6.07 Å². The van der Waals surface area contributed by atoms with Crippen LogP contribution in [0.15, 0.2) is 57.7 Å². The number of hydrogen-bond acceptors (Lipinski definition) is 6. The molecule has 1 N–H and O–H groups in total. The van der Waals surface area contributed by atoms with Crippen LogP contribution < -0.4 is 15.7 Å². The summed E-state index contributed by atoms with van der Waals surface area (Å²) >= 11 is 0. The van der Waals surface area contributed by atoms with Crippen molar-refractivity contribution in [2.24, 2.45) is 0 Å². The number of benzene rings is 2. The normalized spacial score (nSPS) is 12.4. The Labute approximate surface area is 166 Å². The van der Waals surface area contributed by atoms with E-state index in [0.29, 0.717) is 5.58 Å². The maximum absolute atomic E-state index is 12.1. The fourth-order valence-electron chi connectivity index (χ4n) is 3.41. The molecule has 7 heteroatoms. The summed E-state index contributed by atoms with van der Waals surface area (Å²) in [6.45, 7) is -0.241. The third-order valence-corrected chi connectivity index (χ3v) is 4.77. The van der Waals surface area contributed by atoms with E-state index in [9.17, 15) is 14.4 Å². The number of carbonyl (C=O) groups excluding carboxylic acids is 2. The lowest BCUT2D eigenvalue weighted by molar-refractivity contribution is -0.133. The molecular formula is C22H19NO6. The van der Waals surface area contributed by atoms with E-state index < -0.39 is 12.1 Å². The van der Waals surface area contributed by atoms with Crippen LogP contribution in [-0.4, -0.2) is 18.6 Å². The lowest BCUT2D eigenvalue weighted by atomic mass is 10.1. The zero-order chi connectivity index (χ0) is 20.2. The largest absolute Gasteiger partial charge is 0.445 e. The topological polar surface area (TPSA) is 94.8 Å². The Morgan fingerprint density at radius 1 is 1.03 bits per heavy atom. The number of nitrogens with one attached hydrogen (secondary N) is 1. The Balaban J connectivity index is 1.33. The molecule has 0 radical (unpaired) electrons. The van der Waals surface area contributed by atoms with Gasteiger partial charge in [0, 0.05) is 17.0 Å². The minimum atomic E-state index is -0.717. The number of rotatable bonds is 5. The molecule has 0 fully saturated rings. The van der Waals surface area contributed by atoms with Gasteiger partial charge in [0.1, 0.15) is 24.5 Å². The van der Waals surface area contributed by atoms with Crippen molar-refractivity contribution >= 4 is 23.0 Å².